The van der Waals surface area contributed by atoms with Crippen LogP contribution in [-0.4, -0.2) is 20.2 Å². The maximum absolute atomic E-state index is 8.90. The number of rotatable bonds is 3. The van der Waals surface area contributed by atoms with Crippen molar-refractivity contribution in [1.82, 2.24) is 20.2 Å². The van der Waals surface area contributed by atoms with Gasteiger partial charge in [0.15, 0.2) is 0 Å². The van der Waals surface area contributed by atoms with Gasteiger partial charge in [0.25, 0.3) is 0 Å². The molecule has 1 unspecified atom stereocenters. The number of hydrogen-bond donors (Lipinski definition) is 2. The van der Waals surface area contributed by atoms with E-state index in [1.165, 1.54) is 6.33 Å². The standard InChI is InChI=1S/C10H10N6/c1-7(9-13-6-14-16-9)15-10-8(5-11)3-2-4-12-10/h2-4,6-7H,1H3,(H,12,15)(H,13,14,16). The third-order valence-electron chi connectivity index (χ3n) is 2.13. The first-order chi connectivity index (χ1) is 7.81. The van der Waals surface area contributed by atoms with E-state index in [1.807, 2.05) is 6.92 Å². The minimum absolute atomic E-state index is 0.0792. The molecule has 6 heteroatoms. The molecule has 0 aliphatic rings. The van der Waals surface area contributed by atoms with Crippen molar-refractivity contribution in [3.63, 3.8) is 0 Å². The van der Waals surface area contributed by atoms with Crippen molar-refractivity contribution in [2.75, 3.05) is 5.32 Å². The molecule has 2 heterocycles. The molecule has 0 spiro atoms. The van der Waals surface area contributed by atoms with Crippen LogP contribution >= 0.6 is 0 Å². The number of nitrogens with zero attached hydrogens (tertiary/aromatic N) is 4. The van der Waals surface area contributed by atoms with Gasteiger partial charge in [-0.1, -0.05) is 0 Å². The second-order valence-electron chi connectivity index (χ2n) is 3.25. The molecule has 0 saturated heterocycles. The summed E-state index contributed by atoms with van der Waals surface area (Å²) in [5, 5.41) is 18.5. The predicted octanol–water partition coefficient (Wildman–Crippen LogP) is 1.24. The summed E-state index contributed by atoms with van der Waals surface area (Å²) in [6, 6.07) is 5.43. The molecule has 0 radical (unpaired) electrons. The Morgan fingerprint density at radius 3 is 3.06 bits per heavy atom. The van der Waals surface area contributed by atoms with Gasteiger partial charge in [0.2, 0.25) is 0 Å². The van der Waals surface area contributed by atoms with E-state index in [0.717, 1.165) is 0 Å². The molecule has 0 bridgehead atoms. The molecule has 80 valence electrons. The zero-order valence-corrected chi connectivity index (χ0v) is 8.68. The van der Waals surface area contributed by atoms with Crippen molar-refractivity contribution in [2.45, 2.75) is 13.0 Å². The van der Waals surface area contributed by atoms with Crippen LogP contribution in [0, 0.1) is 11.3 Å². The summed E-state index contributed by atoms with van der Waals surface area (Å²) < 4.78 is 0. The summed E-state index contributed by atoms with van der Waals surface area (Å²) in [4.78, 5) is 8.13. The van der Waals surface area contributed by atoms with Gasteiger partial charge in [0, 0.05) is 6.20 Å². The van der Waals surface area contributed by atoms with Gasteiger partial charge in [-0.15, -0.1) is 0 Å². The summed E-state index contributed by atoms with van der Waals surface area (Å²) in [6.07, 6.45) is 3.08. The zero-order chi connectivity index (χ0) is 11.4. The predicted molar refractivity (Wildman–Crippen MR) is 57.4 cm³/mol. The summed E-state index contributed by atoms with van der Waals surface area (Å²) >= 11 is 0. The van der Waals surface area contributed by atoms with Crippen molar-refractivity contribution < 1.29 is 0 Å². The lowest BCUT2D eigenvalue weighted by molar-refractivity contribution is 0.789. The Bertz CT molecular complexity index is 498. The molecule has 0 fully saturated rings. The van der Waals surface area contributed by atoms with Crippen molar-refractivity contribution in [2.24, 2.45) is 0 Å². The Labute approximate surface area is 92.4 Å². The van der Waals surface area contributed by atoms with E-state index in [0.29, 0.717) is 17.2 Å². The highest BCUT2D eigenvalue weighted by atomic mass is 15.2. The highest BCUT2D eigenvalue weighted by Crippen LogP contribution is 2.16. The van der Waals surface area contributed by atoms with Gasteiger partial charge >= 0.3 is 0 Å². The highest BCUT2D eigenvalue weighted by Gasteiger charge is 2.10. The van der Waals surface area contributed by atoms with Gasteiger partial charge in [0.1, 0.15) is 24.0 Å². The molecule has 1 atom stereocenters. The van der Waals surface area contributed by atoms with Crippen LogP contribution in [0.25, 0.3) is 0 Å². The largest absolute Gasteiger partial charge is 0.359 e. The maximum Gasteiger partial charge on any atom is 0.146 e. The second-order valence-corrected chi connectivity index (χ2v) is 3.25. The number of nitriles is 1. The molecule has 0 aliphatic carbocycles. The van der Waals surface area contributed by atoms with Crippen LogP contribution in [0.3, 0.4) is 0 Å². The van der Waals surface area contributed by atoms with E-state index in [2.05, 4.69) is 31.6 Å². The van der Waals surface area contributed by atoms with Crippen LogP contribution in [0.4, 0.5) is 5.82 Å². The van der Waals surface area contributed by atoms with E-state index in [4.69, 9.17) is 5.26 Å². The van der Waals surface area contributed by atoms with E-state index in [9.17, 15) is 0 Å². The molecule has 2 aromatic rings. The molecular weight excluding hydrogens is 204 g/mol. The Hall–Kier alpha value is -2.42. The van der Waals surface area contributed by atoms with E-state index in [1.54, 1.807) is 18.3 Å². The lowest BCUT2D eigenvalue weighted by Gasteiger charge is -2.12. The summed E-state index contributed by atoms with van der Waals surface area (Å²) in [6.45, 7) is 1.91. The van der Waals surface area contributed by atoms with E-state index in [-0.39, 0.29) is 6.04 Å². The molecule has 6 nitrogen and oxygen atoms in total. The van der Waals surface area contributed by atoms with Crippen molar-refractivity contribution in [3.8, 4) is 6.07 Å². The number of hydrogen-bond acceptors (Lipinski definition) is 5. The van der Waals surface area contributed by atoms with Crippen LogP contribution in [0.5, 0.6) is 0 Å². The average molecular weight is 214 g/mol. The van der Waals surface area contributed by atoms with E-state index >= 15 is 0 Å². The van der Waals surface area contributed by atoms with Crippen LogP contribution < -0.4 is 5.32 Å². The number of nitrogens with one attached hydrogen (secondary N) is 2. The topological polar surface area (TPSA) is 90.3 Å². The van der Waals surface area contributed by atoms with Gasteiger partial charge in [-0.05, 0) is 19.1 Å². The van der Waals surface area contributed by atoms with Crippen molar-refractivity contribution in [3.05, 3.63) is 36.0 Å². The molecule has 2 N–H and O–H groups in total. The number of anilines is 1. The molecule has 0 aliphatic heterocycles. The monoisotopic (exact) mass is 214 g/mol. The Morgan fingerprint density at radius 2 is 2.38 bits per heavy atom. The van der Waals surface area contributed by atoms with Gasteiger partial charge in [-0.2, -0.15) is 10.4 Å². The average Bonchev–Trinajstić information content (AvgIpc) is 2.83. The molecule has 16 heavy (non-hydrogen) atoms. The third-order valence-corrected chi connectivity index (χ3v) is 2.13. The van der Waals surface area contributed by atoms with Gasteiger partial charge < -0.3 is 5.32 Å². The smallest absolute Gasteiger partial charge is 0.146 e. The second kappa shape index (κ2) is 4.40. The lowest BCUT2D eigenvalue weighted by Crippen LogP contribution is -2.10. The summed E-state index contributed by atoms with van der Waals surface area (Å²) in [5.41, 5.74) is 0.508. The Kier molecular flexibility index (Phi) is 2.78. The molecule has 0 amide bonds. The first kappa shape index (κ1) is 10.1. The fourth-order valence-corrected chi connectivity index (χ4v) is 1.31. The third kappa shape index (κ3) is 1.98. The normalized spacial score (nSPS) is 11.8. The molecular formula is C10H10N6. The Balaban J connectivity index is 2.19. The van der Waals surface area contributed by atoms with Gasteiger partial charge in [-0.3, -0.25) is 5.10 Å². The van der Waals surface area contributed by atoms with Crippen LogP contribution in [0.15, 0.2) is 24.7 Å². The Morgan fingerprint density at radius 1 is 1.50 bits per heavy atom. The zero-order valence-electron chi connectivity index (χ0n) is 8.68. The van der Waals surface area contributed by atoms with Crippen molar-refractivity contribution >= 4 is 5.82 Å². The molecule has 2 rings (SSSR count). The highest BCUT2D eigenvalue weighted by molar-refractivity contribution is 5.51. The van der Waals surface area contributed by atoms with Crippen LogP contribution in [0.2, 0.25) is 0 Å². The minimum atomic E-state index is -0.0792. The molecule has 0 saturated carbocycles. The fourth-order valence-electron chi connectivity index (χ4n) is 1.31. The van der Waals surface area contributed by atoms with Crippen LogP contribution in [0.1, 0.15) is 24.4 Å². The van der Waals surface area contributed by atoms with Crippen LogP contribution in [-0.2, 0) is 0 Å². The number of aromatic amines is 1. The summed E-state index contributed by atoms with van der Waals surface area (Å²) in [5.74, 6) is 1.25. The van der Waals surface area contributed by atoms with Gasteiger partial charge in [0.05, 0.1) is 11.6 Å². The van der Waals surface area contributed by atoms with Crippen molar-refractivity contribution in [1.29, 1.82) is 5.26 Å². The number of H-pyrrole nitrogens is 1. The maximum atomic E-state index is 8.90. The fraction of sp³-hybridized carbons (Fsp3) is 0.200. The van der Waals surface area contributed by atoms with Gasteiger partial charge in [-0.25, -0.2) is 9.97 Å². The summed E-state index contributed by atoms with van der Waals surface area (Å²) in [7, 11) is 0. The SMILES string of the molecule is CC(Nc1ncccc1C#N)c1ncn[nH]1. The number of pyridine rings is 1. The lowest BCUT2D eigenvalue weighted by atomic mass is 10.2. The number of aromatic nitrogens is 4. The quantitative estimate of drug-likeness (QED) is 0.802. The molecule has 2 aromatic heterocycles. The first-order valence-electron chi connectivity index (χ1n) is 4.78. The minimum Gasteiger partial charge on any atom is -0.359 e. The molecule has 0 aromatic carbocycles. The first-order valence-corrected chi connectivity index (χ1v) is 4.78. The van der Waals surface area contributed by atoms with E-state index < -0.39 is 0 Å².